The molecule has 0 aliphatic heterocycles. The number of nitrogen functional groups attached to an aromatic ring is 1. The molecular weight excluding hydrogens is 1620 g/mol. The van der Waals surface area contributed by atoms with E-state index in [2.05, 4.69) is 64.7 Å². The molecule has 0 aliphatic rings. The Labute approximate surface area is 767 Å². The van der Waals surface area contributed by atoms with Crippen LogP contribution in [-0.2, 0) is 23.9 Å². The van der Waals surface area contributed by atoms with Crippen LogP contribution in [0.25, 0.3) is 44.3 Å². The largest absolute Gasteiger partial charge is 2.00 e. The van der Waals surface area contributed by atoms with Crippen molar-refractivity contribution in [2.75, 3.05) is 54.1 Å². The van der Waals surface area contributed by atoms with Crippen LogP contribution in [0.4, 0.5) is 5.82 Å². The van der Waals surface area contributed by atoms with Gasteiger partial charge >= 0.3 is 87.6 Å². The number of amides is 1. The number of hydrogen-bond acceptors (Lipinski definition) is 21. The van der Waals surface area contributed by atoms with E-state index in [1.165, 1.54) is 32.6 Å². The van der Waals surface area contributed by atoms with E-state index in [9.17, 15) is 24.3 Å². The molecule has 13 aromatic rings. The molecule has 30 nitrogen and oxygen atoms in total. The summed E-state index contributed by atoms with van der Waals surface area (Å²) >= 11 is 4.82. The maximum absolute atomic E-state index is 11.7. The molecule has 1 amide bonds. The van der Waals surface area contributed by atoms with Gasteiger partial charge in [-0.2, -0.15) is 13.8 Å². The number of nitrogens with one attached hydrogen (secondary N) is 1. The summed E-state index contributed by atoms with van der Waals surface area (Å²) in [6.07, 6.45) is 35.9. The Bertz CT molecular complexity index is 4630. The van der Waals surface area contributed by atoms with Crippen molar-refractivity contribution < 1.29 is 109 Å². The number of nitrogens with two attached hydrogens (primary N) is 2. The fourth-order valence-corrected chi connectivity index (χ4v) is 7.96. The first-order valence-electron chi connectivity index (χ1n) is 30.3. The molecule has 13 aromatic heterocycles. The standard InChI is InChI=1S/C10H11N3O2.C9H9N5.C9H11N3.C9H8N2O2.C9H10N2O.C9H8N2O.C7H8N2O2.C3H7.C2H3ClO.C2H7NO.9CH4.CH3.B.BrH.ClH.2Mg.Na.H/c1-12(15-2)10(14)8-3-4-9-11-5-6-13(9)7-8;1-7(12-13-10)8-2-3-9-11-4-5-14(9)6-8;1-7(10)8-2-3-9-11-4-5-12(9)6-8;1-13-9(12)7-2-3-8-10-4-5-11(8)6-7;2*1-7(12)8-2-3-9-10-4-5-11(9)6-8;1-11-7(10)5-2-3-6(8)9-4-5;1-3-2;3-1-2-4;1-3-4-2;;;;;;;;;;;;;;;;;/h3-7H,1-2H3;2-7H,1H3;2-7H,10H2,1H3;2-6H,1H3;2-7,12H,1H3;2-6H,1H3;2-4H,1H3,(H2,8,9);3H,1-2H3;2H,1H2;3H,1-2H3;9*1H4;1H3;;2*1H;;;;/q;;;;;;;-1;;;;;;;;;;;;-1;;;;2*+2;+1;-1/p-2. The Morgan fingerprint density at radius 3 is 1.19 bits per heavy atom. The average molecular weight is 1750 g/mol. The van der Waals surface area contributed by atoms with Gasteiger partial charge in [-0.1, -0.05) is 97.1 Å². The fourth-order valence-electron chi connectivity index (χ4n) is 7.96. The topological polar surface area (TPSA) is 375 Å². The van der Waals surface area contributed by atoms with E-state index < -0.39 is 12.1 Å². The Balaban J connectivity index is -0.0000000844. The third-order valence-corrected chi connectivity index (χ3v) is 13.4. The molecule has 116 heavy (non-hydrogen) atoms. The number of azide groups is 1. The molecule has 3 radical (unpaired) electrons. The van der Waals surface area contributed by atoms with Crippen molar-refractivity contribution in [3.63, 3.8) is 0 Å². The summed E-state index contributed by atoms with van der Waals surface area (Å²) in [4.78, 5) is 93.9. The molecule has 0 aliphatic carbocycles. The van der Waals surface area contributed by atoms with E-state index in [4.69, 9.17) is 38.2 Å². The van der Waals surface area contributed by atoms with Crippen molar-refractivity contribution in [3.05, 3.63) is 266 Å². The minimum absolute atomic E-state index is 0. The summed E-state index contributed by atoms with van der Waals surface area (Å²) in [6, 6.07) is 25.2. The van der Waals surface area contributed by atoms with Gasteiger partial charge in [-0.15, -0.1) is 11.6 Å². The monoisotopic (exact) mass is 1740 g/mol. The number of rotatable bonds is 11. The van der Waals surface area contributed by atoms with E-state index in [0.717, 1.165) is 50.6 Å². The number of carbonyl (C=O) groups excluding carboxylic acids is 5. The molecule has 6 N–H and O–H groups in total. The van der Waals surface area contributed by atoms with Gasteiger partial charge in [0.25, 0.3) is 5.91 Å². The van der Waals surface area contributed by atoms with Crippen LogP contribution in [0.5, 0.6) is 0 Å². The number of halogens is 3. The molecule has 0 bridgehead atoms. The molecule has 0 spiro atoms. The van der Waals surface area contributed by atoms with E-state index in [-0.39, 0.29) is 225 Å². The number of ketones is 1. The number of alkyl halides is 1. The first-order valence-corrected chi connectivity index (χ1v) is 30.9. The number of hydroxylamine groups is 3. The molecular formula is C79H122BBrCl2Mg2N20NaO10. The number of nitrogens with zero attached hydrogens (tertiary/aromatic N) is 17. The quantitative estimate of drug-likeness (QED) is 0.00957. The molecule has 3 atom stereocenters. The number of esters is 2. The van der Waals surface area contributed by atoms with Crippen molar-refractivity contribution >= 4 is 136 Å². The second kappa shape index (κ2) is 75.4. The van der Waals surface area contributed by atoms with E-state index in [1.807, 2.05) is 138 Å². The molecule has 0 fully saturated rings. The maximum atomic E-state index is 11.7. The number of fused-ring (bicyclic) bond motifs is 6. The van der Waals surface area contributed by atoms with Crippen LogP contribution >= 0.6 is 11.6 Å². The number of aldehydes is 1. The molecule has 37 heteroatoms. The van der Waals surface area contributed by atoms with Crippen LogP contribution in [0.3, 0.4) is 0 Å². The number of methoxy groups -OCH3 is 2. The van der Waals surface area contributed by atoms with E-state index >= 15 is 0 Å². The zero-order valence-corrected chi connectivity index (χ0v) is 70.1. The van der Waals surface area contributed by atoms with Gasteiger partial charge in [0.05, 0.1) is 63.2 Å². The van der Waals surface area contributed by atoms with Gasteiger partial charge in [0.15, 0.2) is 5.78 Å². The normalized spacial score (nSPS) is 9.37. The predicted octanol–water partition coefficient (Wildman–Crippen LogP) is 7.10. The van der Waals surface area contributed by atoms with Gasteiger partial charge in [0.2, 0.25) is 0 Å². The number of ether oxygens (including phenoxy) is 2. The second-order valence-electron chi connectivity index (χ2n) is 20.4. The minimum Gasteiger partial charge on any atom is -1.00 e. The van der Waals surface area contributed by atoms with Crippen LogP contribution in [0.15, 0.2) is 208 Å². The summed E-state index contributed by atoms with van der Waals surface area (Å²) < 4.78 is 20.2. The van der Waals surface area contributed by atoms with Gasteiger partial charge < -0.3 is 107 Å². The third kappa shape index (κ3) is 45.9. The molecule has 13 heterocycles. The average Bonchev–Trinajstić information content (AvgIpc) is 1.75. The third-order valence-electron chi connectivity index (χ3n) is 13.2. The van der Waals surface area contributed by atoms with E-state index in [1.54, 1.807) is 154 Å². The Kier molecular flexibility index (Phi) is 88.8. The number of aromatic nitrogens is 13. The zero-order chi connectivity index (χ0) is 73.5. The SMILES string of the molecule is C.C.C.C.C.C.C.C.C.CC(=O)c1ccc2nccn2c1.CC(N)c1ccc2nccn2c1.CC(N=[N+]=[N-])c1ccc2nccn2c1.CC(O)c1ccc2nccn2c1.CNOC.COC(=O)c1ccc(N)nc1.COC(=O)c1ccc2nccn2c1.CON(C)C(=O)c1ccc2nccn2c1.C[CH-]C.O=CCCl.[B].[Br-].[CH3-].[Cl-].[H-].[Mg+2].[Mg+2].[Na+]. The number of aliphatic hydroxyl groups excluding tert-OH is 1. The summed E-state index contributed by atoms with van der Waals surface area (Å²) in [5, 5.41) is 14.1. The van der Waals surface area contributed by atoms with Crippen molar-refractivity contribution in [2.45, 2.75) is 127 Å². The van der Waals surface area contributed by atoms with Gasteiger partial charge in [0, 0.05) is 157 Å². The summed E-state index contributed by atoms with van der Waals surface area (Å²) in [5.41, 5.74) is 32.2. The molecule has 13 rings (SSSR count). The van der Waals surface area contributed by atoms with Gasteiger partial charge in [-0.25, -0.2) is 55.0 Å². The second-order valence-corrected chi connectivity index (χ2v) is 20.8. The van der Waals surface area contributed by atoms with Crippen LogP contribution in [-0.4, -0.2) is 204 Å². The number of hydrogen-bond donors (Lipinski definition) is 4. The van der Waals surface area contributed by atoms with Gasteiger partial charge in [-0.3, -0.25) is 14.4 Å². The van der Waals surface area contributed by atoms with Crippen molar-refractivity contribution in [3.8, 4) is 0 Å². The van der Waals surface area contributed by atoms with Gasteiger partial charge in [0.1, 0.15) is 46.0 Å². The molecule has 0 aromatic carbocycles. The molecule has 627 valence electrons. The van der Waals surface area contributed by atoms with Crippen LogP contribution in [0.2, 0.25) is 0 Å². The van der Waals surface area contributed by atoms with Crippen LogP contribution in [0, 0.1) is 13.8 Å². The summed E-state index contributed by atoms with van der Waals surface area (Å²) in [7, 11) is 8.98. The van der Waals surface area contributed by atoms with Crippen molar-refractivity contribution in [2.24, 2.45) is 10.8 Å². The zero-order valence-electron chi connectivity index (χ0n) is 63.2. The minimum atomic E-state index is -0.420. The first-order chi connectivity index (χ1) is 48.1. The Morgan fingerprint density at radius 2 is 0.879 bits per heavy atom. The molecule has 3 unspecified atom stereocenters. The molecule has 0 saturated carbocycles. The summed E-state index contributed by atoms with van der Waals surface area (Å²) in [6.45, 7) is 11.1. The molecule has 0 saturated heterocycles. The van der Waals surface area contributed by atoms with Gasteiger partial charge in [-0.05, 0) is 110 Å². The van der Waals surface area contributed by atoms with E-state index in [0.29, 0.717) is 34.4 Å². The van der Waals surface area contributed by atoms with Crippen molar-refractivity contribution in [1.29, 1.82) is 0 Å². The number of Topliss-reactive ketones (excluding diaryl/α,β-unsaturated/α-hetero) is 1. The first kappa shape index (κ1) is 137. The number of carbonyl (C=O) groups is 5. The van der Waals surface area contributed by atoms with Crippen LogP contribution in [0.1, 0.15) is 186 Å². The van der Waals surface area contributed by atoms with Crippen LogP contribution < -0.4 is 75.9 Å². The number of pyridine rings is 7. The van der Waals surface area contributed by atoms with Crippen molar-refractivity contribution in [1.82, 2.24) is 71.8 Å². The maximum Gasteiger partial charge on any atom is 2.00 e. The number of anilines is 1. The smallest absolute Gasteiger partial charge is 1.00 e. The fraction of sp³-hybridized carbons (Fsp3) is 0.316. The number of imidazole rings is 6. The Morgan fingerprint density at radius 1 is 0.586 bits per heavy atom. The summed E-state index contributed by atoms with van der Waals surface area (Å²) in [5.74, 6) is -0.357. The number of aliphatic hydroxyl groups is 1. The Hall–Kier alpha value is -8.39. The predicted molar refractivity (Wildman–Crippen MR) is 466 cm³/mol.